The van der Waals surface area contributed by atoms with Crippen molar-refractivity contribution < 1.29 is 40.6 Å². The third-order valence-corrected chi connectivity index (χ3v) is 4.12. The molecule has 0 aliphatic heterocycles. The van der Waals surface area contributed by atoms with Gasteiger partial charge < -0.3 is 12.1 Å². The molecule has 0 unspecified atom stereocenters. The maximum atomic E-state index is 11.5. The molecule has 0 bridgehead atoms. The van der Waals surface area contributed by atoms with Crippen LogP contribution in [0, 0.1) is 0 Å². The first-order valence-corrected chi connectivity index (χ1v) is 10.3. The second-order valence-corrected chi connectivity index (χ2v) is 6.97. The van der Waals surface area contributed by atoms with Crippen LogP contribution in [0.5, 0.6) is 0 Å². The second kappa shape index (κ2) is 24.6. The van der Waals surface area contributed by atoms with Gasteiger partial charge in [-0.25, -0.2) is 0 Å². The van der Waals surface area contributed by atoms with E-state index < -0.39 is 5.24 Å². The fraction of sp³-hybridized carbons (Fsp3) is 0.889. The first-order chi connectivity index (χ1) is 11.5. The number of hydrogen-bond acceptors (Lipinski definition) is 2. The molecule has 0 rings (SSSR count). The molecule has 0 aromatic heterocycles. The smallest absolute Gasteiger partial charge is 1.00 e. The van der Waals surface area contributed by atoms with E-state index in [1.807, 2.05) is 4.90 Å². The minimum Gasteiger partial charge on any atom is -1.00 e. The number of rotatable bonds is 14. The van der Waals surface area contributed by atoms with Gasteiger partial charge in [-0.05, 0) is 12.8 Å². The van der Waals surface area contributed by atoms with Crippen molar-refractivity contribution in [2.75, 3.05) is 13.1 Å². The van der Waals surface area contributed by atoms with Crippen molar-refractivity contribution in [1.29, 1.82) is 0 Å². The molecule has 0 aromatic carbocycles. The van der Waals surface area contributed by atoms with Crippen molar-refractivity contribution >= 4 is 35.7 Å². The van der Waals surface area contributed by atoms with E-state index in [0.29, 0.717) is 0 Å². The van der Waals surface area contributed by atoms with Crippen LogP contribution in [0.1, 0.15) is 92.3 Å². The maximum Gasteiger partial charge on any atom is 1.00 e. The molecule has 0 spiro atoms. The standard InChI is InChI=1S/C17H35NOS.CH3NOS.Na.H/c1-3-5-7-9-11-13-15-18(17(19)20)16-14-12-10-8-6-4-2;2-1(3)4;;/h3-16H2,1-2H3,(H,19,20);(H3,2,3,4);;/q;;+1;-1. The van der Waals surface area contributed by atoms with E-state index in [4.69, 9.17) is 4.79 Å². The summed E-state index contributed by atoms with van der Waals surface area (Å²) in [5.74, 6) is 0. The first kappa shape index (κ1) is 30.4. The zero-order valence-corrected chi connectivity index (χ0v) is 20.4. The van der Waals surface area contributed by atoms with Gasteiger partial charge in [0.1, 0.15) is 0 Å². The molecule has 0 radical (unpaired) electrons. The molecule has 0 fully saturated rings. The Kier molecular flexibility index (Phi) is 29.9. The third kappa shape index (κ3) is 29.6. The van der Waals surface area contributed by atoms with E-state index in [9.17, 15) is 4.79 Å². The van der Waals surface area contributed by atoms with Crippen LogP contribution in [0.3, 0.4) is 0 Å². The molecule has 7 heteroatoms. The van der Waals surface area contributed by atoms with Crippen LogP contribution in [-0.2, 0) is 0 Å². The average molecular weight is 403 g/mol. The zero-order valence-electron chi connectivity index (χ0n) is 17.6. The molecule has 0 saturated heterocycles. The fourth-order valence-corrected chi connectivity index (χ4v) is 2.67. The summed E-state index contributed by atoms with van der Waals surface area (Å²) in [5.41, 5.74) is 4.34. The summed E-state index contributed by atoms with van der Waals surface area (Å²) in [5, 5.41) is -0.688. The molecule has 4 nitrogen and oxygen atoms in total. The molecule has 0 saturated carbocycles. The number of carbonyl (C=O) groups is 2. The van der Waals surface area contributed by atoms with Crippen molar-refractivity contribution in [3.8, 4) is 0 Å². The Morgan fingerprint density at radius 1 is 0.760 bits per heavy atom. The van der Waals surface area contributed by atoms with Gasteiger partial charge in [0.05, 0.1) is 0 Å². The van der Waals surface area contributed by atoms with E-state index in [2.05, 4.69) is 44.8 Å². The zero-order chi connectivity index (χ0) is 18.6. The van der Waals surface area contributed by atoms with Crippen LogP contribution in [0.4, 0.5) is 9.59 Å². The maximum absolute atomic E-state index is 11.5. The third-order valence-electron chi connectivity index (χ3n) is 3.83. The van der Waals surface area contributed by atoms with Crippen molar-refractivity contribution in [3.63, 3.8) is 0 Å². The van der Waals surface area contributed by atoms with Crippen LogP contribution in [-0.4, -0.2) is 28.5 Å². The van der Waals surface area contributed by atoms with E-state index in [1.54, 1.807) is 0 Å². The SMILES string of the molecule is CCCCCCCCN(CCCCCCCC)C(=O)S.NC(=O)S.[H-].[Na+]. The number of hydrogen-bond donors (Lipinski definition) is 3. The first-order valence-electron chi connectivity index (χ1n) is 9.41. The molecule has 0 aliphatic rings. The van der Waals surface area contributed by atoms with Gasteiger partial charge in [0.25, 0.3) is 10.5 Å². The van der Waals surface area contributed by atoms with E-state index in [1.165, 1.54) is 64.2 Å². The molecular weight excluding hydrogens is 363 g/mol. The summed E-state index contributed by atoms with van der Waals surface area (Å²) in [7, 11) is 0. The van der Waals surface area contributed by atoms with E-state index >= 15 is 0 Å². The Bertz CT molecular complexity index is 295. The van der Waals surface area contributed by atoms with Crippen molar-refractivity contribution in [2.45, 2.75) is 90.9 Å². The predicted molar refractivity (Wildman–Crippen MR) is 112 cm³/mol. The molecule has 0 aliphatic carbocycles. The quantitative estimate of drug-likeness (QED) is 0.237. The molecule has 2 amide bonds. The van der Waals surface area contributed by atoms with Gasteiger partial charge in [0, 0.05) is 13.1 Å². The topological polar surface area (TPSA) is 63.4 Å². The van der Waals surface area contributed by atoms with Gasteiger partial charge in [-0.1, -0.05) is 103 Å². The Morgan fingerprint density at radius 3 is 1.32 bits per heavy atom. The minimum atomic E-state index is -0.639. The minimum absolute atomic E-state index is 0. The summed E-state index contributed by atoms with van der Waals surface area (Å²) in [6, 6.07) is 0. The van der Waals surface area contributed by atoms with Gasteiger partial charge in [-0.2, -0.15) is 0 Å². The normalized spacial score (nSPS) is 9.60. The summed E-state index contributed by atoms with van der Waals surface area (Å²) < 4.78 is 0. The largest absolute Gasteiger partial charge is 1.00 e. The number of unbranched alkanes of at least 4 members (excludes halogenated alkanes) is 10. The summed E-state index contributed by atoms with van der Waals surface area (Å²) in [4.78, 5) is 22.5. The van der Waals surface area contributed by atoms with Gasteiger partial charge >= 0.3 is 29.6 Å². The van der Waals surface area contributed by atoms with E-state index in [0.717, 1.165) is 25.9 Å². The number of thiol groups is 2. The average Bonchev–Trinajstić information content (AvgIpc) is 2.51. The van der Waals surface area contributed by atoms with E-state index in [-0.39, 0.29) is 36.2 Å². The van der Waals surface area contributed by atoms with Crippen molar-refractivity contribution in [1.82, 2.24) is 4.90 Å². The molecule has 0 atom stereocenters. The number of nitrogens with zero attached hydrogens (tertiary/aromatic N) is 1. The Hall–Kier alpha value is 0.640. The summed E-state index contributed by atoms with van der Waals surface area (Å²) in [6.45, 7) is 6.26. The van der Waals surface area contributed by atoms with Gasteiger partial charge in [-0.15, -0.1) is 0 Å². The Labute approximate surface area is 190 Å². The monoisotopic (exact) mass is 402 g/mol. The number of nitrogens with two attached hydrogens (primary N) is 1. The second-order valence-electron chi connectivity index (χ2n) is 6.14. The summed E-state index contributed by atoms with van der Waals surface area (Å²) in [6.07, 6.45) is 15.3. The van der Waals surface area contributed by atoms with Crippen molar-refractivity contribution in [3.05, 3.63) is 0 Å². The molecule has 146 valence electrons. The molecular formula is C18H39N2NaO2S2. The fourth-order valence-electron chi connectivity index (χ4n) is 2.47. The molecule has 2 N–H and O–H groups in total. The van der Waals surface area contributed by atoms with Crippen molar-refractivity contribution in [2.24, 2.45) is 5.73 Å². The summed E-state index contributed by atoms with van der Waals surface area (Å²) >= 11 is 7.10. The Balaban J connectivity index is -0.000000363. The predicted octanol–water partition coefficient (Wildman–Crippen LogP) is 3.17. The van der Waals surface area contributed by atoms with Crippen LogP contribution in [0.2, 0.25) is 0 Å². The number of carbonyl (C=O) groups excluding carboxylic acids is 2. The Morgan fingerprint density at radius 2 is 1.04 bits per heavy atom. The number of primary amides is 1. The number of amides is 2. The van der Waals surface area contributed by atoms with Crippen LogP contribution in [0.15, 0.2) is 0 Å². The van der Waals surface area contributed by atoms with Crippen LogP contribution >= 0.6 is 25.3 Å². The molecule has 0 heterocycles. The molecule has 0 aromatic rings. The van der Waals surface area contributed by atoms with Crippen LogP contribution < -0.4 is 35.3 Å². The van der Waals surface area contributed by atoms with Gasteiger partial charge in [0.15, 0.2) is 0 Å². The van der Waals surface area contributed by atoms with Gasteiger partial charge in [-0.3, -0.25) is 9.59 Å². The molecule has 25 heavy (non-hydrogen) atoms. The van der Waals surface area contributed by atoms with Gasteiger partial charge in [0.2, 0.25) is 0 Å². The van der Waals surface area contributed by atoms with Crippen LogP contribution in [0.25, 0.3) is 0 Å².